The van der Waals surface area contributed by atoms with Crippen LogP contribution in [0.4, 0.5) is 0 Å². The smallest absolute Gasteiger partial charge is 0.173 e. The van der Waals surface area contributed by atoms with E-state index in [0.717, 1.165) is 0 Å². The fraction of sp³-hybridized carbons (Fsp3) is 0.250. The molecule has 0 atom stereocenters. The van der Waals surface area contributed by atoms with Gasteiger partial charge in [-0.3, -0.25) is 5.73 Å². The number of phenols is 2. The van der Waals surface area contributed by atoms with Gasteiger partial charge in [0.2, 0.25) is 0 Å². The Morgan fingerprint density at radius 3 is 1.68 bits per heavy atom. The van der Waals surface area contributed by atoms with Crippen molar-refractivity contribution < 1.29 is 24.8 Å². The van der Waals surface area contributed by atoms with E-state index in [4.69, 9.17) is 15.2 Å². The molecule has 6 heteroatoms. The molecular formula is C16H17NO5. The van der Waals surface area contributed by atoms with Gasteiger partial charge in [-0.15, -0.1) is 0 Å². The quantitative estimate of drug-likeness (QED) is 0.621. The van der Waals surface area contributed by atoms with E-state index in [1.54, 1.807) is 0 Å². The lowest BCUT2D eigenvalue weighted by Gasteiger charge is -2.35. The van der Waals surface area contributed by atoms with Crippen LogP contribution in [0.15, 0.2) is 24.3 Å². The lowest BCUT2D eigenvalue weighted by Crippen LogP contribution is -2.42. The summed E-state index contributed by atoms with van der Waals surface area (Å²) in [5, 5.41) is 30.5. The van der Waals surface area contributed by atoms with E-state index in [9.17, 15) is 15.3 Å². The maximum absolute atomic E-state index is 10.9. The van der Waals surface area contributed by atoms with Crippen LogP contribution in [0, 0.1) is 0 Å². The summed E-state index contributed by atoms with van der Waals surface area (Å²) in [6.07, 6.45) is 0.375. The number of rotatable bonds is 2. The van der Waals surface area contributed by atoms with Crippen LogP contribution >= 0.6 is 0 Å². The van der Waals surface area contributed by atoms with Gasteiger partial charge in [0, 0.05) is 23.3 Å². The second-order valence-electron chi connectivity index (χ2n) is 5.31. The first-order valence-corrected chi connectivity index (χ1v) is 6.70. The van der Waals surface area contributed by atoms with Crippen LogP contribution in [0.25, 0.3) is 0 Å². The van der Waals surface area contributed by atoms with Gasteiger partial charge in [0.1, 0.15) is 23.0 Å². The molecule has 0 unspecified atom stereocenters. The van der Waals surface area contributed by atoms with Crippen LogP contribution in [0.2, 0.25) is 0 Å². The zero-order chi connectivity index (χ0) is 16.1. The van der Waals surface area contributed by atoms with E-state index >= 15 is 0 Å². The van der Waals surface area contributed by atoms with Crippen molar-refractivity contribution >= 4 is 0 Å². The number of nitrogens with two attached hydrogens (primary N) is 1. The molecule has 22 heavy (non-hydrogen) atoms. The van der Waals surface area contributed by atoms with Gasteiger partial charge in [-0.1, -0.05) is 0 Å². The molecule has 0 bridgehead atoms. The van der Waals surface area contributed by atoms with Gasteiger partial charge >= 0.3 is 0 Å². The first kappa shape index (κ1) is 14.5. The molecule has 3 rings (SSSR count). The minimum absolute atomic E-state index is 0.0157. The van der Waals surface area contributed by atoms with Crippen LogP contribution < -0.4 is 15.2 Å². The van der Waals surface area contributed by atoms with Crippen molar-refractivity contribution in [1.29, 1.82) is 0 Å². The summed E-state index contributed by atoms with van der Waals surface area (Å²) >= 11 is 0. The molecule has 0 heterocycles. The SMILES string of the molecule is COc1cc(O)cc2c1C(N)(O)c1c(cc(O)cc1OC)C2. The summed E-state index contributed by atoms with van der Waals surface area (Å²) in [6, 6.07) is 5.84. The molecule has 0 aliphatic heterocycles. The fourth-order valence-corrected chi connectivity index (χ4v) is 3.11. The van der Waals surface area contributed by atoms with E-state index in [1.165, 1.54) is 38.5 Å². The number of hydrogen-bond acceptors (Lipinski definition) is 6. The summed E-state index contributed by atoms with van der Waals surface area (Å²) in [4.78, 5) is 0. The van der Waals surface area contributed by atoms with Crippen molar-refractivity contribution in [3.63, 3.8) is 0 Å². The Morgan fingerprint density at radius 1 is 0.909 bits per heavy atom. The summed E-state index contributed by atoms with van der Waals surface area (Å²) in [7, 11) is 2.88. The zero-order valence-corrected chi connectivity index (χ0v) is 12.3. The first-order valence-electron chi connectivity index (χ1n) is 6.70. The Bertz CT molecular complexity index is 693. The third kappa shape index (κ3) is 1.96. The molecule has 0 saturated heterocycles. The standard InChI is InChI=1S/C16H17NO5/c1-21-12-6-10(18)4-8-3-9-5-11(19)7-13(22-2)15(9)16(17,20)14(8)12/h4-7,18-20H,3,17H2,1-2H3. The number of methoxy groups -OCH3 is 2. The molecule has 0 amide bonds. The zero-order valence-electron chi connectivity index (χ0n) is 12.3. The van der Waals surface area contributed by atoms with Gasteiger partial charge in [-0.05, 0) is 29.7 Å². The number of fused-ring (bicyclic) bond motifs is 2. The highest BCUT2D eigenvalue weighted by molar-refractivity contribution is 5.63. The molecule has 0 radical (unpaired) electrons. The number of phenolic OH excluding ortho intramolecular Hbond substituents is 2. The lowest BCUT2D eigenvalue weighted by molar-refractivity contribution is 0.0778. The largest absolute Gasteiger partial charge is 0.508 e. The number of aromatic hydroxyl groups is 2. The second kappa shape index (κ2) is 4.79. The molecular weight excluding hydrogens is 286 g/mol. The second-order valence-corrected chi connectivity index (χ2v) is 5.31. The molecule has 6 nitrogen and oxygen atoms in total. The maximum Gasteiger partial charge on any atom is 0.173 e. The van der Waals surface area contributed by atoms with Crippen molar-refractivity contribution in [2.75, 3.05) is 14.2 Å². The molecule has 2 aromatic carbocycles. The Kier molecular flexibility index (Phi) is 3.16. The van der Waals surface area contributed by atoms with Crippen LogP contribution in [-0.2, 0) is 12.1 Å². The number of benzene rings is 2. The van der Waals surface area contributed by atoms with Gasteiger partial charge in [0.25, 0.3) is 0 Å². The van der Waals surface area contributed by atoms with Gasteiger partial charge in [-0.2, -0.15) is 0 Å². The predicted octanol–water partition coefficient (Wildman–Crippen LogP) is 1.17. The summed E-state index contributed by atoms with van der Waals surface area (Å²) in [6.45, 7) is 0. The van der Waals surface area contributed by atoms with Gasteiger partial charge < -0.3 is 24.8 Å². The third-order valence-electron chi connectivity index (χ3n) is 3.92. The Morgan fingerprint density at radius 2 is 1.32 bits per heavy atom. The predicted molar refractivity (Wildman–Crippen MR) is 79.3 cm³/mol. The van der Waals surface area contributed by atoms with Crippen molar-refractivity contribution in [1.82, 2.24) is 0 Å². The monoisotopic (exact) mass is 303 g/mol. The van der Waals surface area contributed by atoms with Gasteiger partial charge in [0.05, 0.1) is 14.2 Å². The average molecular weight is 303 g/mol. The highest BCUT2D eigenvalue weighted by Crippen LogP contribution is 2.47. The molecule has 0 fully saturated rings. The van der Waals surface area contributed by atoms with Crippen LogP contribution in [0.1, 0.15) is 22.3 Å². The topological polar surface area (TPSA) is 105 Å². The number of aliphatic hydroxyl groups is 1. The van der Waals surface area contributed by atoms with Crippen LogP contribution in [0.3, 0.4) is 0 Å². The minimum Gasteiger partial charge on any atom is -0.508 e. The van der Waals surface area contributed by atoms with Gasteiger partial charge in [0.15, 0.2) is 5.72 Å². The highest BCUT2D eigenvalue weighted by atomic mass is 16.5. The first-order chi connectivity index (χ1) is 10.4. The van der Waals surface area contributed by atoms with Crippen molar-refractivity contribution in [2.45, 2.75) is 12.1 Å². The Balaban J connectivity index is 2.33. The van der Waals surface area contributed by atoms with Crippen LogP contribution in [0.5, 0.6) is 23.0 Å². The summed E-state index contributed by atoms with van der Waals surface area (Å²) < 4.78 is 10.5. The van der Waals surface area contributed by atoms with E-state index in [0.29, 0.717) is 40.2 Å². The normalized spacial score (nSPS) is 14.9. The molecule has 2 aromatic rings. The Hall–Kier alpha value is -2.44. The van der Waals surface area contributed by atoms with E-state index in [-0.39, 0.29) is 11.5 Å². The lowest BCUT2D eigenvalue weighted by atomic mass is 9.79. The fourth-order valence-electron chi connectivity index (χ4n) is 3.11. The van der Waals surface area contributed by atoms with Crippen molar-refractivity contribution in [2.24, 2.45) is 5.73 Å². The summed E-state index contributed by atoms with van der Waals surface area (Å²) in [5.41, 5.74) is 6.34. The highest BCUT2D eigenvalue weighted by Gasteiger charge is 2.41. The van der Waals surface area contributed by atoms with E-state index in [1.807, 2.05) is 0 Å². The number of hydrogen-bond donors (Lipinski definition) is 4. The minimum atomic E-state index is -1.86. The molecule has 1 aliphatic rings. The number of ether oxygens (including phenoxy) is 2. The van der Waals surface area contributed by atoms with E-state index < -0.39 is 5.72 Å². The molecule has 116 valence electrons. The van der Waals surface area contributed by atoms with Gasteiger partial charge in [-0.25, -0.2) is 0 Å². The maximum atomic E-state index is 10.9. The third-order valence-corrected chi connectivity index (χ3v) is 3.92. The van der Waals surface area contributed by atoms with Crippen molar-refractivity contribution in [3.05, 3.63) is 46.5 Å². The van der Waals surface area contributed by atoms with Crippen molar-refractivity contribution in [3.8, 4) is 23.0 Å². The molecule has 0 spiro atoms. The molecule has 0 aromatic heterocycles. The molecule has 5 N–H and O–H groups in total. The molecule has 1 aliphatic carbocycles. The molecule has 0 saturated carbocycles. The average Bonchev–Trinajstić information content (AvgIpc) is 2.44. The van der Waals surface area contributed by atoms with E-state index in [2.05, 4.69) is 0 Å². The van der Waals surface area contributed by atoms with Crippen LogP contribution in [-0.4, -0.2) is 29.5 Å². The Labute approximate surface area is 127 Å². The summed E-state index contributed by atoms with van der Waals surface area (Å²) in [5.74, 6) is 0.616.